The Morgan fingerprint density at radius 2 is 2.24 bits per heavy atom. The summed E-state index contributed by atoms with van der Waals surface area (Å²) in [4.78, 5) is 16.7. The molecule has 2 N–H and O–H groups in total. The standard InChI is InChI=1S/C16H25N3O2/c1-12-10-19-11-13(5-6-14(19)17-12)18-15(20)9-16(21)7-3-2-4-8-16/h10,13,21H,2-9,11H2,1H3,(H,18,20). The number of hydrogen-bond donors (Lipinski definition) is 2. The Kier molecular flexibility index (Phi) is 4.02. The van der Waals surface area contributed by atoms with Crippen LogP contribution in [0.15, 0.2) is 6.20 Å². The molecule has 1 aromatic rings. The van der Waals surface area contributed by atoms with E-state index in [4.69, 9.17) is 0 Å². The van der Waals surface area contributed by atoms with Gasteiger partial charge in [-0.15, -0.1) is 0 Å². The van der Waals surface area contributed by atoms with Crippen molar-refractivity contribution in [3.8, 4) is 0 Å². The van der Waals surface area contributed by atoms with Crippen molar-refractivity contribution >= 4 is 5.91 Å². The van der Waals surface area contributed by atoms with Gasteiger partial charge in [0.1, 0.15) is 5.82 Å². The van der Waals surface area contributed by atoms with E-state index in [1.54, 1.807) is 0 Å². The Balaban J connectivity index is 1.54. The van der Waals surface area contributed by atoms with E-state index >= 15 is 0 Å². The molecule has 116 valence electrons. The van der Waals surface area contributed by atoms with E-state index in [-0.39, 0.29) is 18.4 Å². The molecule has 0 aromatic carbocycles. The molecule has 2 heterocycles. The van der Waals surface area contributed by atoms with Crippen LogP contribution >= 0.6 is 0 Å². The molecule has 3 rings (SSSR count). The van der Waals surface area contributed by atoms with Crippen molar-refractivity contribution < 1.29 is 9.90 Å². The summed E-state index contributed by atoms with van der Waals surface area (Å²) in [6.07, 6.45) is 8.89. The zero-order chi connectivity index (χ0) is 14.9. The molecule has 1 fully saturated rings. The Hall–Kier alpha value is -1.36. The summed E-state index contributed by atoms with van der Waals surface area (Å²) >= 11 is 0. The van der Waals surface area contributed by atoms with E-state index in [2.05, 4.69) is 14.9 Å². The molecule has 5 heteroatoms. The van der Waals surface area contributed by atoms with Gasteiger partial charge in [0.15, 0.2) is 0 Å². The molecule has 1 unspecified atom stereocenters. The lowest BCUT2D eigenvalue weighted by Gasteiger charge is -2.32. The molecule has 0 saturated heterocycles. The fourth-order valence-electron chi connectivity index (χ4n) is 3.67. The Bertz CT molecular complexity index is 518. The van der Waals surface area contributed by atoms with Crippen LogP contribution in [-0.2, 0) is 17.8 Å². The lowest BCUT2D eigenvalue weighted by Crippen LogP contribution is -2.45. The largest absolute Gasteiger partial charge is 0.389 e. The highest BCUT2D eigenvalue weighted by molar-refractivity contribution is 5.77. The van der Waals surface area contributed by atoms with Gasteiger partial charge in [-0.3, -0.25) is 4.79 Å². The number of hydrogen-bond acceptors (Lipinski definition) is 3. The third-order valence-electron chi connectivity index (χ3n) is 4.75. The van der Waals surface area contributed by atoms with Crippen LogP contribution in [0.25, 0.3) is 0 Å². The van der Waals surface area contributed by atoms with E-state index < -0.39 is 5.60 Å². The van der Waals surface area contributed by atoms with Crippen LogP contribution in [0.2, 0.25) is 0 Å². The van der Waals surface area contributed by atoms with Gasteiger partial charge < -0.3 is 15.0 Å². The molecule has 1 aliphatic heterocycles. The van der Waals surface area contributed by atoms with Gasteiger partial charge in [-0.25, -0.2) is 4.98 Å². The summed E-state index contributed by atoms with van der Waals surface area (Å²) in [5, 5.41) is 13.6. The first-order chi connectivity index (χ1) is 10.0. The third kappa shape index (κ3) is 3.46. The van der Waals surface area contributed by atoms with Crippen molar-refractivity contribution in [3.63, 3.8) is 0 Å². The number of nitrogens with one attached hydrogen (secondary N) is 1. The minimum atomic E-state index is -0.770. The summed E-state index contributed by atoms with van der Waals surface area (Å²) in [7, 11) is 0. The van der Waals surface area contributed by atoms with Crippen molar-refractivity contribution in [3.05, 3.63) is 17.7 Å². The number of rotatable bonds is 3. The highest BCUT2D eigenvalue weighted by Gasteiger charge is 2.32. The van der Waals surface area contributed by atoms with Gasteiger partial charge in [0.25, 0.3) is 0 Å². The monoisotopic (exact) mass is 291 g/mol. The molecular weight excluding hydrogens is 266 g/mol. The zero-order valence-corrected chi connectivity index (χ0v) is 12.8. The Morgan fingerprint density at radius 1 is 1.48 bits per heavy atom. The van der Waals surface area contributed by atoms with Gasteiger partial charge in [-0.05, 0) is 26.2 Å². The van der Waals surface area contributed by atoms with Crippen molar-refractivity contribution in [2.75, 3.05) is 0 Å². The third-order valence-corrected chi connectivity index (χ3v) is 4.75. The highest BCUT2D eigenvalue weighted by atomic mass is 16.3. The smallest absolute Gasteiger partial charge is 0.223 e. The second-order valence-electron chi connectivity index (χ2n) is 6.72. The number of aliphatic hydroxyl groups is 1. The van der Waals surface area contributed by atoms with Gasteiger partial charge >= 0.3 is 0 Å². The summed E-state index contributed by atoms with van der Waals surface area (Å²) in [6, 6.07) is 0.158. The van der Waals surface area contributed by atoms with Gasteiger partial charge in [0.05, 0.1) is 17.7 Å². The molecule has 1 saturated carbocycles. The molecule has 1 aromatic heterocycles. The fraction of sp³-hybridized carbons (Fsp3) is 0.750. The maximum Gasteiger partial charge on any atom is 0.223 e. The van der Waals surface area contributed by atoms with Crippen LogP contribution in [0.1, 0.15) is 56.5 Å². The lowest BCUT2D eigenvalue weighted by molar-refractivity contribution is -0.128. The molecule has 2 aliphatic rings. The molecule has 21 heavy (non-hydrogen) atoms. The van der Waals surface area contributed by atoms with Crippen LogP contribution in [0.4, 0.5) is 0 Å². The number of imidazole rings is 1. The summed E-state index contributed by atoms with van der Waals surface area (Å²) in [6.45, 7) is 2.79. The minimum Gasteiger partial charge on any atom is -0.389 e. The number of aromatic nitrogens is 2. The minimum absolute atomic E-state index is 0.00955. The van der Waals surface area contributed by atoms with Crippen LogP contribution in [0.3, 0.4) is 0 Å². The molecule has 0 bridgehead atoms. The first kappa shape index (κ1) is 14.6. The Morgan fingerprint density at radius 3 is 3.00 bits per heavy atom. The van der Waals surface area contributed by atoms with E-state index in [0.29, 0.717) is 0 Å². The second kappa shape index (κ2) is 5.79. The molecule has 0 radical (unpaired) electrons. The number of fused-ring (bicyclic) bond motifs is 1. The average Bonchev–Trinajstić information content (AvgIpc) is 2.78. The summed E-state index contributed by atoms with van der Waals surface area (Å²) in [5.41, 5.74) is 0.266. The SMILES string of the molecule is Cc1cn2c(n1)CCC(NC(=O)CC1(O)CCCCC1)C2. The van der Waals surface area contributed by atoms with Crippen molar-refractivity contribution in [2.45, 2.75) is 76.5 Å². The maximum absolute atomic E-state index is 12.2. The highest BCUT2D eigenvalue weighted by Crippen LogP contribution is 2.30. The first-order valence-electron chi connectivity index (χ1n) is 8.08. The van der Waals surface area contributed by atoms with Crippen molar-refractivity contribution in [2.24, 2.45) is 0 Å². The molecular formula is C16H25N3O2. The molecule has 5 nitrogen and oxygen atoms in total. The number of aryl methyl sites for hydroxylation is 2. The predicted molar refractivity (Wildman–Crippen MR) is 79.9 cm³/mol. The quantitative estimate of drug-likeness (QED) is 0.891. The summed E-state index contributed by atoms with van der Waals surface area (Å²) in [5.74, 6) is 1.11. The van der Waals surface area contributed by atoms with Crippen molar-refractivity contribution in [1.29, 1.82) is 0 Å². The molecule has 1 aliphatic carbocycles. The van der Waals surface area contributed by atoms with Crippen LogP contribution < -0.4 is 5.32 Å². The maximum atomic E-state index is 12.2. The lowest BCUT2D eigenvalue weighted by atomic mass is 9.82. The fourth-order valence-corrected chi connectivity index (χ4v) is 3.67. The molecule has 1 atom stereocenters. The van der Waals surface area contributed by atoms with E-state index in [0.717, 1.165) is 56.6 Å². The van der Waals surface area contributed by atoms with E-state index in [1.165, 1.54) is 6.42 Å². The average molecular weight is 291 g/mol. The summed E-state index contributed by atoms with van der Waals surface area (Å²) < 4.78 is 2.14. The zero-order valence-electron chi connectivity index (χ0n) is 12.8. The topological polar surface area (TPSA) is 67.2 Å². The van der Waals surface area contributed by atoms with E-state index in [9.17, 15) is 9.90 Å². The predicted octanol–water partition coefficient (Wildman–Crippen LogP) is 1.71. The van der Waals surface area contributed by atoms with E-state index in [1.807, 2.05) is 13.1 Å². The van der Waals surface area contributed by atoms with Crippen LogP contribution in [0.5, 0.6) is 0 Å². The van der Waals surface area contributed by atoms with Gasteiger partial charge in [0, 0.05) is 25.2 Å². The van der Waals surface area contributed by atoms with Gasteiger partial charge in [-0.1, -0.05) is 19.3 Å². The molecule has 1 amide bonds. The van der Waals surface area contributed by atoms with Crippen LogP contribution in [-0.4, -0.2) is 32.2 Å². The number of carbonyl (C=O) groups excluding carboxylic acids is 1. The number of carbonyl (C=O) groups is 1. The first-order valence-corrected chi connectivity index (χ1v) is 8.08. The van der Waals surface area contributed by atoms with Crippen LogP contribution in [0, 0.1) is 6.92 Å². The van der Waals surface area contributed by atoms with Crippen molar-refractivity contribution in [1.82, 2.24) is 14.9 Å². The second-order valence-corrected chi connectivity index (χ2v) is 6.72. The number of amides is 1. The number of nitrogens with zero attached hydrogens (tertiary/aromatic N) is 2. The van der Waals surface area contributed by atoms with Gasteiger partial charge in [-0.2, -0.15) is 0 Å². The Labute approximate surface area is 125 Å². The van der Waals surface area contributed by atoms with Gasteiger partial charge in [0.2, 0.25) is 5.91 Å². The normalized spacial score (nSPS) is 24.4. The molecule has 0 spiro atoms.